The summed E-state index contributed by atoms with van der Waals surface area (Å²) in [6.07, 6.45) is 0.199. The molecule has 16 heavy (non-hydrogen) atoms. The van der Waals surface area contributed by atoms with Crippen LogP contribution in [0.5, 0.6) is 0 Å². The summed E-state index contributed by atoms with van der Waals surface area (Å²) in [5, 5.41) is 10.6. The molecule has 90 valence electrons. The molecular formula is C12H17ClFNO. The standard InChI is InChI=1S/C12H17ClFNO/c1-8(2)12(16,7-15)6-9-3-4-10(13)5-11(9)14/h3-5,8,16H,6-7,15H2,1-2H3. The lowest BCUT2D eigenvalue weighted by Gasteiger charge is -2.31. The van der Waals surface area contributed by atoms with E-state index in [0.29, 0.717) is 10.6 Å². The van der Waals surface area contributed by atoms with Crippen molar-refractivity contribution in [2.24, 2.45) is 11.7 Å². The minimum Gasteiger partial charge on any atom is -0.388 e. The summed E-state index contributed by atoms with van der Waals surface area (Å²) >= 11 is 5.66. The molecule has 0 saturated carbocycles. The maximum atomic E-state index is 13.5. The van der Waals surface area contributed by atoms with Crippen LogP contribution < -0.4 is 5.73 Å². The smallest absolute Gasteiger partial charge is 0.127 e. The fourth-order valence-corrected chi connectivity index (χ4v) is 1.67. The summed E-state index contributed by atoms with van der Waals surface area (Å²) in [7, 11) is 0. The maximum absolute atomic E-state index is 13.5. The van der Waals surface area contributed by atoms with Gasteiger partial charge >= 0.3 is 0 Å². The van der Waals surface area contributed by atoms with Crippen LogP contribution in [0.25, 0.3) is 0 Å². The second kappa shape index (κ2) is 5.13. The minimum atomic E-state index is -1.07. The topological polar surface area (TPSA) is 46.2 Å². The molecule has 2 nitrogen and oxygen atoms in total. The zero-order chi connectivity index (χ0) is 12.3. The molecule has 3 N–H and O–H groups in total. The molecular weight excluding hydrogens is 229 g/mol. The highest BCUT2D eigenvalue weighted by Gasteiger charge is 2.30. The predicted octanol–water partition coefficient (Wildman–Crippen LogP) is 2.37. The summed E-state index contributed by atoms with van der Waals surface area (Å²) in [5.74, 6) is -0.437. The molecule has 0 aliphatic heterocycles. The molecule has 0 amide bonds. The van der Waals surface area contributed by atoms with Crippen LogP contribution in [0.15, 0.2) is 18.2 Å². The van der Waals surface area contributed by atoms with Gasteiger partial charge in [-0.1, -0.05) is 31.5 Å². The van der Waals surface area contributed by atoms with Crippen molar-refractivity contribution in [3.8, 4) is 0 Å². The maximum Gasteiger partial charge on any atom is 0.127 e. The number of rotatable bonds is 4. The fraction of sp³-hybridized carbons (Fsp3) is 0.500. The van der Waals surface area contributed by atoms with Crippen LogP contribution in [0.3, 0.4) is 0 Å². The molecule has 1 unspecified atom stereocenters. The van der Waals surface area contributed by atoms with Crippen LogP contribution in [-0.2, 0) is 6.42 Å². The van der Waals surface area contributed by atoms with Gasteiger partial charge in [-0.05, 0) is 23.6 Å². The van der Waals surface area contributed by atoms with Crippen molar-refractivity contribution in [3.05, 3.63) is 34.6 Å². The van der Waals surface area contributed by atoms with E-state index < -0.39 is 11.4 Å². The molecule has 1 aromatic rings. The number of hydrogen-bond donors (Lipinski definition) is 2. The third-order valence-electron chi connectivity index (χ3n) is 2.94. The highest BCUT2D eigenvalue weighted by Crippen LogP contribution is 2.24. The molecule has 0 fully saturated rings. The Kier molecular flexibility index (Phi) is 4.30. The molecule has 0 heterocycles. The SMILES string of the molecule is CC(C)C(O)(CN)Cc1ccc(Cl)cc1F. The lowest BCUT2D eigenvalue weighted by atomic mass is 9.84. The number of halogens is 2. The lowest BCUT2D eigenvalue weighted by molar-refractivity contribution is 0.00338. The Balaban J connectivity index is 2.95. The molecule has 0 aliphatic carbocycles. The molecule has 1 rings (SSSR count). The molecule has 0 bridgehead atoms. The van der Waals surface area contributed by atoms with Crippen molar-refractivity contribution >= 4 is 11.6 Å². The average molecular weight is 246 g/mol. The first-order valence-electron chi connectivity index (χ1n) is 5.25. The zero-order valence-electron chi connectivity index (χ0n) is 9.50. The van der Waals surface area contributed by atoms with Gasteiger partial charge < -0.3 is 10.8 Å². The van der Waals surface area contributed by atoms with Crippen molar-refractivity contribution < 1.29 is 9.50 Å². The Bertz CT molecular complexity index is 370. The highest BCUT2D eigenvalue weighted by molar-refractivity contribution is 6.30. The average Bonchev–Trinajstić information content (AvgIpc) is 2.22. The Morgan fingerprint density at radius 2 is 2.12 bits per heavy atom. The van der Waals surface area contributed by atoms with Gasteiger partial charge in [0.1, 0.15) is 5.82 Å². The quantitative estimate of drug-likeness (QED) is 0.856. The van der Waals surface area contributed by atoms with Crippen LogP contribution in [0, 0.1) is 11.7 Å². The second-order valence-corrected chi connectivity index (χ2v) is 4.81. The number of hydrogen-bond acceptors (Lipinski definition) is 2. The van der Waals surface area contributed by atoms with E-state index in [-0.39, 0.29) is 18.9 Å². The van der Waals surface area contributed by atoms with Crippen LogP contribution in [0.4, 0.5) is 4.39 Å². The molecule has 0 radical (unpaired) electrons. The Hall–Kier alpha value is -0.640. The van der Waals surface area contributed by atoms with E-state index in [9.17, 15) is 9.50 Å². The van der Waals surface area contributed by atoms with Crippen molar-refractivity contribution in [3.63, 3.8) is 0 Å². The van der Waals surface area contributed by atoms with Gasteiger partial charge in [0.15, 0.2) is 0 Å². The minimum absolute atomic E-state index is 0.0346. The monoisotopic (exact) mass is 245 g/mol. The van der Waals surface area contributed by atoms with Crippen LogP contribution in [-0.4, -0.2) is 17.3 Å². The third kappa shape index (κ3) is 2.94. The van der Waals surface area contributed by atoms with Gasteiger partial charge in [-0.15, -0.1) is 0 Å². The number of nitrogens with two attached hydrogens (primary N) is 1. The van der Waals surface area contributed by atoms with Gasteiger partial charge in [0, 0.05) is 18.0 Å². The van der Waals surface area contributed by atoms with E-state index in [1.54, 1.807) is 12.1 Å². The first kappa shape index (κ1) is 13.4. The summed E-state index contributed by atoms with van der Waals surface area (Å²) < 4.78 is 13.5. The van der Waals surface area contributed by atoms with Crippen molar-refractivity contribution in [1.82, 2.24) is 0 Å². The molecule has 0 aliphatic rings. The number of benzene rings is 1. The van der Waals surface area contributed by atoms with E-state index in [1.165, 1.54) is 6.07 Å². The molecule has 0 saturated heterocycles. The third-order valence-corrected chi connectivity index (χ3v) is 3.17. The van der Waals surface area contributed by atoms with Gasteiger partial charge in [0.05, 0.1) is 5.60 Å². The first-order valence-corrected chi connectivity index (χ1v) is 5.63. The molecule has 0 spiro atoms. The van der Waals surface area contributed by atoms with E-state index in [4.69, 9.17) is 17.3 Å². The normalized spacial score (nSPS) is 15.2. The highest BCUT2D eigenvalue weighted by atomic mass is 35.5. The lowest BCUT2D eigenvalue weighted by Crippen LogP contribution is -2.45. The van der Waals surface area contributed by atoms with Crippen LogP contribution in [0.2, 0.25) is 5.02 Å². The van der Waals surface area contributed by atoms with Crippen molar-refractivity contribution in [2.75, 3.05) is 6.54 Å². The van der Waals surface area contributed by atoms with Gasteiger partial charge in [-0.25, -0.2) is 4.39 Å². The Morgan fingerprint density at radius 3 is 2.56 bits per heavy atom. The first-order chi connectivity index (χ1) is 7.39. The number of aliphatic hydroxyl groups is 1. The predicted molar refractivity (Wildman–Crippen MR) is 64.0 cm³/mol. The summed E-state index contributed by atoms with van der Waals surface area (Å²) in [5.41, 5.74) is 4.90. The van der Waals surface area contributed by atoms with Gasteiger partial charge in [-0.2, -0.15) is 0 Å². The van der Waals surface area contributed by atoms with Gasteiger partial charge in [0.25, 0.3) is 0 Å². The summed E-state index contributed by atoms with van der Waals surface area (Å²) in [6.45, 7) is 3.83. The van der Waals surface area contributed by atoms with E-state index >= 15 is 0 Å². The van der Waals surface area contributed by atoms with Gasteiger partial charge in [0.2, 0.25) is 0 Å². The van der Waals surface area contributed by atoms with Gasteiger partial charge in [-0.3, -0.25) is 0 Å². The Morgan fingerprint density at radius 1 is 1.50 bits per heavy atom. The largest absolute Gasteiger partial charge is 0.388 e. The fourth-order valence-electron chi connectivity index (χ4n) is 1.51. The molecule has 0 aromatic heterocycles. The van der Waals surface area contributed by atoms with E-state index in [1.807, 2.05) is 13.8 Å². The molecule has 1 atom stereocenters. The second-order valence-electron chi connectivity index (χ2n) is 4.37. The van der Waals surface area contributed by atoms with E-state index in [0.717, 1.165) is 0 Å². The van der Waals surface area contributed by atoms with E-state index in [2.05, 4.69) is 0 Å². The van der Waals surface area contributed by atoms with Crippen molar-refractivity contribution in [1.29, 1.82) is 0 Å². The molecule has 1 aromatic carbocycles. The summed E-state index contributed by atoms with van der Waals surface area (Å²) in [4.78, 5) is 0. The van der Waals surface area contributed by atoms with Crippen LogP contribution in [0.1, 0.15) is 19.4 Å². The molecule has 4 heteroatoms. The zero-order valence-corrected chi connectivity index (χ0v) is 10.3. The summed E-state index contributed by atoms with van der Waals surface area (Å²) in [6, 6.07) is 4.44. The Labute approximate surface area is 100 Å². The van der Waals surface area contributed by atoms with Crippen molar-refractivity contribution in [2.45, 2.75) is 25.9 Å². The van der Waals surface area contributed by atoms with Crippen LogP contribution >= 0.6 is 11.6 Å².